The first-order chi connectivity index (χ1) is 11.1. The molecule has 120 valence electrons. The number of hydrogen-bond acceptors (Lipinski definition) is 4. The molecule has 0 aliphatic carbocycles. The predicted molar refractivity (Wildman–Crippen MR) is 90.3 cm³/mol. The molecular formula is C18H21N3O2. The molecule has 0 saturated carbocycles. The van der Waals surface area contributed by atoms with E-state index in [1.165, 1.54) is 0 Å². The lowest BCUT2D eigenvalue weighted by Crippen LogP contribution is -2.49. The average molecular weight is 311 g/mol. The Labute approximate surface area is 135 Å². The van der Waals surface area contributed by atoms with Gasteiger partial charge in [0.05, 0.1) is 17.8 Å². The third-order valence-corrected chi connectivity index (χ3v) is 3.89. The Hall–Kier alpha value is -2.53. The van der Waals surface area contributed by atoms with Gasteiger partial charge in [-0.3, -0.25) is 4.79 Å². The maximum Gasteiger partial charge on any atom is 0.237 e. The molecule has 0 saturated heterocycles. The van der Waals surface area contributed by atoms with Gasteiger partial charge in [-0.05, 0) is 24.6 Å². The summed E-state index contributed by atoms with van der Waals surface area (Å²) in [6.07, 6.45) is -0.282. The zero-order valence-electron chi connectivity index (χ0n) is 13.0. The van der Waals surface area contributed by atoms with Gasteiger partial charge in [-0.15, -0.1) is 0 Å². The van der Waals surface area contributed by atoms with Crippen LogP contribution in [0.2, 0.25) is 0 Å². The molecule has 1 aliphatic heterocycles. The monoisotopic (exact) mass is 311 g/mol. The van der Waals surface area contributed by atoms with Crippen molar-refractivity contribution in [3.63, 3.8) is 0 Å². The fourth-order valence-corrected chi connectivity index (χ4v) is 2.65. The fourth-order valence-electron chi connectivity index (χ4n) is 2.65. The van der Waals surface area contributed by atoms with E-state index >= 15 is 0 Å². The van der Waals surface area contributed by atoms with E-state index in [-0.39, 0.29) is 18.1 Å². The molecule has 0 bridgehead atoms. The standard InChI is InChI=1S/C18H21N3O2/c1-12(19)18(22)21-15-11-20-14-9-5-6-10-16(14)23-17(15)13-7-3-2-4-8-13/h2-10,12,15,17,20H,11,19H2,1H3,(H,21,22)/t12-,15+,17+/m0/s1. The predicted octanol–water partition coefficient (Wildman–Crippen LogP) is 2.06. The first kappa shape index (κ1) is 15.4. The van der Waals surface area contributed by atoms with Gasteiger partial charge in [0.1, 0.15) is 11.9 Å². The number of anilines is 1. The van der Waals surface area contributed by atoms with Gasteiger partial charge >= 0.3 is 0 Å². The zero-order chi connectivity index (χ0) is 16.2. The number of para-hydroxylation sites is 2. The van der Waals surface area contributed by atoms with E-state index < -0.39 is 6.04 Å². The number of nitrogens with two attached hydrogens (primary N) is 1. The van der Waals surface area contributed by atoms with Crippen molar-refractivity contribution in [1.82, 2.24) is 5.32 Å². The molecule has 1 amide bonds. The summed E-state index contributed by atoms with van der Waals surface area (Å²) < 4.78 is 6.22. The molecule has 3 atom stereocenters. The van der Waals surface area contributed by atoms with Crippen LogP contribution in [0.1, 0.15) is 18.6 Å². The topological polar surface area (TPSA) is 76.4 Å². The van der Waals surface area contributed by atoms with Crippen LogP contribution in [0.5, 0.6) is 5.75 Å². The van der Waals surface area contributed by atoms with Gasteiger partial charge in [0.2, 0.25) is 5.91 Å². The Balaban J connectivity index is 1.92. The summed E-state index contributed by atoms with van der Waals surface area (Å²) in [6, 6.07) is 16.9. The van der Waals surface area contributed by atoms with Crippen LogP contribution in [-0.4, -0.2) is 24.5 Å². The molecule has 0 aromatic heterocycles. The first-order valence-corrected chi connectivity index (χ1v) is 7.75. The Morgan fingerprint density at radius 2 is 1.91 bits per heavy atom. The Morgan fingerprint density at radius 1 is 1.22 bits per heavy atom. The maximum absolute atomic E-state index is 12.1. The van der Waals surface area contributed by atoms with Crippen LogP contribution in [0.25, 0.3) is 0 Å². The van der Waals surface area contributed by atoms with Gasteiger partial charge in [0.15, 0.2) is 0 Å². The number of amides is 1. The maximum atomic E-state index is 12.1. The van der Waals surface area contributed by atoms with Crippen molar-refractivity contribution in [2.24, 2.45) is 5.73 Å². The summed E-state index contributed by atoms with van der Waals surface area (Å²) in [4.78, 5) is 12.1. The van der Waals surface area contributed by atoms with Gasteiger partial charge in [-0.2, -0.15) is 0 Å². The van der Waals surface area contributed by atoms with Crippen LogP contribution >= 0.6 is 0 Å². The fraction of sp³-hybridized carbons (Fsp3) is 0.278. The summed E-state index contributed by atoms with van der Waals surface area (Å²) in [7, 11) is 0. The highest BCUT2D eigenvalue weighted by Gasteiger charge is 2.30. The summed E-state index contributed by atoms with van der Waals surface area (Å²) in [6.45, 7) is 2.24. The molecule has 5 nitrogen and oxygen atoms in total. The SMILES string of the molecule is C[C@H](N)C(=O)N[C@@H]1CNc2ccccc2O[C@@H]1c1ccccc1. The Bertz CT molecular complexity index is 673. The number of rotatable bonds is 3. The molecule has 0 radical (unpaired) electrons. The number of nitrogens with one attached hydrogen (secondary N) is 2. The van der Waals surface area contributed by atoms with E-state index in [4.69, 9.17) is 10.5 Å². The van der Waals surface area contributed by atoms with Gasteiger partial charge in [-0.25, -0.2) is 0 Å². The number of carbonyl (C=O) groups excluding carboxylic acids is 1. The third kappa shape index (κ3) is 3.46. The van der Waals surface area contributed by atoms with Crippen LogP contribution in [0, 0.1) is 0 Å². The zero-order valence-corrected chi connectivity index (χ0v) is 13.0. The highest BCUT2D eigenvalue weighted by molar-refractivity contribution is 5.81. The molecular weight excluding hydrogens is 290 g/mol. The molecule has 0 spiro atoms. The number of benzene rings is 2. The number of ether oxygens (including phenoxy) is 1. The van der Waals surface area contributed by atoms with Crippen LogP contribution in [0.4, 0.5) is 5.69 Å². The summed E-state index contributed by atoms with van der Waals surface area (Å²) >= 11 is 0. The molecule has 1 aliphatic rings. The molecule has 1 heterocycles. The Kier molecular flexibility index (Phi) is 4.48. The van der Waals surface area contributed by atoms with E-state index in [0.29, 0.717) is 6.54 Å². The van der Waals surface area contributed by atoms with Crippen molar-refractivity contribution in [3.05, 3.63) is 60.2 Å². The molecule has 2 aromatic carbocycles. The second kappa shape index (κ2) is 6.71. The molecule has 23 heavy (non-hydrogen) atoms. The van der Waals surface area contributed by atoms with E-state index in [2.05, 4.69) is 10.6 Å². The van der Waals surface area contributed by atoms with Crippen molar-refractivity contribution in [2.45, 2.75) is 25.1 Å². The van der Waals surface area contributed by atoms with Crippen molar-refractivity contribution >= 4 is 11.6 Å². The van der Waals surface area contributed by atoms with Gasteiger partial charge < -0.3 is 21.1 Å². The smallest absolute Gasteiger partial charge is 0.237 e. The van der Waals surface area contributed by atoms with Gasteiger partial charge in [-0.1, -0.05) is 42.5 Å². The summed E-state index contributed by atoms with van der Waals surface area (Å²) in [5, 5.41) is 6.33. The molecule has 2 aromatic rings. The minimum Gasteiger partial charge on any atom is -0.481 e. The largest absolute Gasteiger partial charge is 0.481 e. The van der Waals surface area contributed by atoms with Crippen molar-refractivity contribution in [3.8, 4) is 5.75 Å². The van der Waals surface area contributed by atoms with E-state index in [9.17, 15) is 4.79 Å². The lowest BCUT2D eigenvalue weighted by Gasteiger charge is -2.27. The third-order valence-electron chi connectivity index (χ3n) is 3.89. The molecule has 5 heteroatoms. The summed E-state index contributed by atoms with van der Waals surface area (Å²) in [5.74, 6) is 0.589. The minimum atomic E-state index is -0.558. The number of fused-ring (bicyclic) bond motifs is 1. The highest BCUT2D eigenvalue weighted by atomic mass is 16.5. The minimum absolute atomic E-state index is 0.188. The number of carbonyl (C=O) groups is 1. The quantitative estimate of drug-likeness (QED) is 0.811. The molecule has 0 unspecified atom stereocenters. The highest BCUT2D eigenvalue weighted by Crippen LogP contribution is 2.33. The molecule has 0 fully saturated rings. The van der Waals surface area contributed by atoms with Gasteiger partial charge in [0.25, 0.3) is 0 Å². The lowest BCUT2D eigenvalue weighted by atomic mass is 10.0. The molecule has 3 rings (SSSR count). The van der Waals surface area contributed by atoms with Gasteiger partial charge in [0, 0.05) is 6.54 Å². The first-order valence-electron chi connectivity index (χ1n) is 7.75. The van der Waals surface area contributed by atoms with E-state index in [1.54, 1.807) is 6.92 Å². The van der Waals surface area contributed by atoms with E-state index in [1.807, 2.05) is 54.6 Å². The van der Waals surface area contributed by atoms with Crippen LogP contribution in [0.3, 0.4) is 0 Å². The lowest BCUT2D eigenvalue weighted by molar-refractivity contribution is -0.123. The normalized spacial score (nSPS) is 21.1. The van der Waals surface area contributed by atoms with Crippen LogP contribution < -0.4 is 21.1 Å². The van der Waals surface area contributed by atoms with Crippen molar-refractivity contribution in [2.75, 3.05) is 11.9 Å². The molecule has 4 N–H and O–H groups in total. The average Bonchev–Trinajstić information content (AvgIpc) is 2.75. The van der Waals surface area contributed by atoms with Crippen LogP contribution in [0.15, 0.2) is 54.6 Å². The van der Waals surface area contributed by atoms with Crippen LogP contribution in [-0.2, 0) is 4.79 Å². The van der Waals surface area contributed by atoms with Crippen molar-refractivity contribution in [1.29, 1.82) is 0 Å². The number of hydrogen-bond donors (Lipinski definition) is 3. The van der Waals surface area contributed by atoms with Crippen molar-refractivity contribution < 1.29 is 9.53 Å². The Morgan fingerprint density at radius 3 is 2.65 bits per heavy atom. The second-order valence-electron chi connectivity index (χ2n) is 5.73. The summed E-state index contributed by atoms with van der Waals surface area (Å²) in [5.41, 5.74) is 7.62. The second-order valence-corrected chi connectivity index (χ2v) is 5.73. The van der Waals surface area contributed by atoms with E-state index in [0.717, 1.165) is 17.0 Å².